The molecule has 0 radical (unpaired) electrons. The summed E-state index contributed by atoms with van der Waals surface area (Å²) in [5.74, 6) is 1.14. The summed E-state index contributed by atoms with van der Waals surface area (Å²) in [6.45, 7) is 8.41. The van der Waals surface area contributed by atoms with Gasteiger partial charge in [-0.25, -0.2) is 4.98 Å². The summed E-state index contributed by atoms with van der Waals surface area (Å²) < 4.78 is 9.01. The van der Waals surface area contributed by atoms with E-state index in [1.54, 1.807) is 24.4 Å². The van der Waals surface area contributed by atoms with Gasteiger partial charge in [-0.15, -0.1) is 0 Å². The minimum absolute atomic E-state index is 0.249. The molecule has 0 saturated carbocycles. The zero-order valence-electron chi connectivity index (χ0n) is 19.8. The third kappa shape index (κ3) is 5.85. The molecule has 3 aromatic carbocycles. The third-order valence-electron chi connectivity index (χ3n) is 5.29. The quantitative estimate of drug-likeness (QED) is 0.216. The molecule has 0 atom stereocenters. The van der Waals surface area contributed by atoms with Crippen molar-refractivity contribution in [1.82, 2.24) is 9.66 Å². The van der Waals surface area contributed by atoms with Crippen LogP contribution in [0, 0.1) is 6.92 Å². The van der Waals surface area contributed by atoms with Gasteiger partial charge in [0.15, 0.2) is 0 Å². The Balaban J connectivity index is 1.80. The van der Waals surface area contributed by atoms with Crippen LogP contribution in [0.4, 0.5) is 0 Å². The van der Waals surface area contributed by atoms with Crippen molar-refractivity contribution < 1.29 is 4.74 Å². The first-order valence-electron chi connectivity index (χ1n) is 11.0. The topological polar surface area (TPSA) is 56.5 Å². The molecular weight excluding hydrogens is 594 g/mol. The Hall–Kier alpha value is -2.48. The molecule has 8 heteroatoms. The van der Waals surface area contributed by atoms with Crippen LogP contribution in [0.1, 0.15) is 43.3 Å². The molecule has 1 aromatic heterocycles. The second-order valence-electron chi connectivity index (χ2n) is 9.29. The fourth-order valence-corrected chi connectivity index (χ4v) is 4.96. The number of halogens is 3. The van der Waals surface area contributed by atoms with Gasteiger partial charge in [0, 0.05) is 20.5 Å². The summed E-state index contributed by atoms with van der Waals surface area (Å²) in [6.07, 6.45) is 1.59. The lowest BCUT2D eigenvalue weighted by Crippen LogP contribution is -2.29. The van der Waals surface area contributed by atoms with Gasteiger partial charge in [-0.2, -0.15) is 9.78 Å². The molecular formula is C27H24Br2ClN3O2. The average molecular weight is 618 g/mol. The molecule has 0 aliphatic carbocycles. The van der Waals surface area contributed by atoms with Crippen molar-refractivity contribution in [2.24, 2.45) is 5.10 Å². The first-order chi connectivity index (χ1) is 16.5. The first-order valence-corrected chi connectivity index (χ1v) is 12.9. The standard InChI is InChI=1S/C27H24Br2ClN3O2/c1-16-6-5-7-17(10-16)15-35-24-18(11-20(30)13-22(24)29)14-31-33-25(34)21-12-19(28)8-9-23(21)32-26(33)27(2,3)4/h5-14H,15H2,1-4H3. The van der Waals surface area contributed by atoms with Crippen LogP contribution in [0.5, 0.6) is 5.75 Å². The maximum Gasteiger partial charge on any atom is 0.282 e. The predicted molar refractivity (Wildman–Crippen MR) is 150 cm³/mol. The van der Waals surface area contributed by atoms with Crippen LogP contribution in [-0.2, 0) is 12.0 Å². The van der Waals surface area contributed by atoms with Gasteiger partial charge in [-0.05, 0) is 58.7 Å². The minimum atomic E-state index is -0.419. The summed E-state index contributed by atoms with van der Waals surface area (Å²) >= 11 is 13.3. The van der Waals surface area contributed by atoms with Crippen LogP contribution in [0.2, 0.25) is 5.02 Å². The fourth-order valence-electron chi connectivity index (χ4n) is 3.65. The van der Waals surface area contributed by atoms with Crippen LogP contribution in [0.15, 0.2) is 73.4 Å². The summed E-state index contributed by atoms with van der Waals surface area (Å²) in [6, 6.07) is 17.1. The van der Waals surface area contributed by atoms with E-state index in [-0.39, 0.29) is 5.56 Å². The van der Waals surface area contributed by atoms with Gasteiger partial charge in [0.2, 0.25) is 0 Å². The molecule has 0 amide bonds. The first kappa shape index (κ1) is 25.6. The smallest absolute Gasteiger partial charge is 0.282 e. The fraction of sp³-hybridized carbons (Fsp3) is 0.222. The van der Waals surface area contributed by atoms with E-state index < -0.39 is 5.41 Å². The molecule has 4 aromatic rings. The van der Waals surface area contributed by atoms with Gasteiger partial charge >= 0.3 is 0 Å². The summed E-state index contributed by atoms with van der Waals surface area (Å²) in [7, 11) is 0. The van der Waals surface area contributed by atoms with Gasteiger partial charge in [0.05, 0.1) is 21.6 Å². The van der Waals surface area contributed by atoms with Crippen molar-refractivity contribution in [2.75, 3.05) is 0 Å². The molecule has 0 fully saturated rings. The van der Waals surface area contributed by atoms with E-state index in [0.717, 1.165) is 15.6 Å². The van der Waals surface area contributed by atoms with E-state index in [9.17, 15) is 4.79 Å². The van der Waals surface area contributed by atoms with Crippen LogP contribution in [0.25, 0.3) is 10.9 Å². The average Bonchev–Trinajstić information content (AvgIpc) is 2.77. The molecule has 4 rings (SSSR count). The molecule has 0 spiro atoms. The molecule has 180 valence electrons. The maximum absolute atomic E-state index is 13.5. The van der Waals surface area contributed by atoms with Crippen LogP contribution < -0.4 is 10.3 Å². The van der Waals surface area contributed by atoms with E-state index >= 15 is 0 Å². The number of ether oxygens (including phenoxy) is 1. The Bertz CT molecular complexity index is 1510. The number of benzene rings is 3. The summed E-state index contributed by atoms with van der Waals surface area (Å²) in [4.78, 5) is 18.2. The zero-order chi connectivity index (χ0) is 25.3. The van der Waals surface area contributed by atoms with E-state index in [0.29, 0.717) is 44.1 Å². The lowest BCUT2D eigenvalue weighted by Gasteiger charge is -2.21. The monoisotopic (exact) mass is 615 g/mol. The Kier molecular flexibility index (Phi) is 7.50. The second kappa shape index (κ2) is 10.2. The summed E-state index contributed by atoms with van der Waals surface area (Å²) in [5, 5.41) is 5.57. The van der Waals surface area contributed by atoms with Crippen LogP contribution >= 0.6 is 43.5 Å². The van der Waals surface area contributed by atoms with E-state index in [1.165, 1.54) is 4.68 Å². The van der Waals surface area contributed by atoms with Crippen molar-refractivity contribution in [2.45, 2.75) is 39.7 Å². The molecule has 1 heterocycles. The van der Waals surface area contributed by atoms with Crippen molar-refractivity contribution in [3.63, 3.8) is 0 Å². The van der Waals surface area contributed by atoms with Gasteiger partial charge in [-0.1, -0.05) is 78.1 Å². The highest BCUT2D eigenvalue weighted by Crippen LogP contribution is 2.33. The highest BCUT2D eigenvalue weighted by atomic mass is 79.9. The lowest BCUT2D eigenvalue weighted by atomic mass is 9.95. The normalized spacial score (nSPS) is 12.0. The Labute approximate surface area is 226 Å². The highest BCUT2D eigenvalue weighted by molar-refractivity contribution is 9.10. The lowest BCUT2D eigenvalue weighted by molar-refractivity contribution is 0.303. The molecule has 0 N–H and O–H groups in total. The van der Waals surface area contributed by atoms with E-state index in [2.05, 4.69) is 43.0 Å². The van der Waals surface area contributed by atoms with Gasteiger partial charge in [0.25, 0.3) is 5.56 Å². The number of hydrogen-bond acceptors (Lipinski definition) is 4. The molecule has 0 unspecified atom stereocenters. The minimum Gasteiger partial charge on any atom is -0.487 e. The highest BCUT2D eigenvalue weighted by Gasteiger charge is 2.23. The third-order valence-corrected chi connectivity index (χ3v) is 6.59. The molecule has 0 aliphatic rings. The number of aryl methyl sites for hydroxylation is 1. The number of hydrogen-bond donors (Lipinski definition) is 0. The van der Waals surface area contributed by atoms with Crippen LogP contribution in [0.3, 0.4) is 0 Å². The largest absolute Gasteiger partial charge is 0.487 e. The van der Waals surface area contributed by atoms with Crippen LogP contribution in [-0.4, -0.2) is 15.9 Å². The van der Waals surface area contributed by atoms with Crippen molar-refractivity contribution >= 4 is 60.6 Å². The molecule has 35 heavy (non-hydrogen) atoms. The SMILES string of the molecule is Cc1cccc(COc2c(Br)cc(Cl)cc2C=Nn2c(C(C)(C)C)nc3ccc(Br)cc3c2=O)c1. The molecule has 0 aliphatic heterocycles. The van der Waals surface area contributed by atoms with Crippen molar-refractivity contribution in [3.8, 4) is 5.75 Å². The number of nitrogens with zero attached hydrogens (tertiary/aromatic N) is 3. The number of aromatic nitrogens is 2. The molecule has 0 bridgehead atoms. The Morgan fingerprint density at radius 1 is 1.11 bits per heavy atom. The zero-order valence-corrected chi connectivity index (χ0v) is 23.7. The maximum atomic E-state index is 13.5. The summed E-state index contributed by atoms with van der Waals surface area (Å²) in [5.41, 5.74) is 2.80. The Morgan fingerprint density at radius 3 is 2.60 bits per heavy atom. The van der Waals surface area contributed by atoms with E-state index in [1.807, 2.05) is 58.0 Å². The Morgan fingerprint density at radius 2 is 1.89 bits per heavy atom. The molecule has 0 saturated heterocycles. The van der Waals surface area contributed by atoms with E-state index in [4.69, 9.17) is 21.3 Å². The van der Waals surface area contributed by atoms with Gasteiger partial charge in [-0.3, -0.25) is 4.79 Å². The predicted octanol–water partition coefficient (Wildman–Crippen LogP) is 7.64. The van der Waals surface area contributed by atoms with Gasteiger partial charge in [0.1, 0.15) is 18.2 Å². The van der Waals surface area contributed by atoms with Gasteiger partial charge < -0.3 is 4.74 Å². The van der Waals surface area contributed by atoms with Crippen molar-refractivity contribution in [3.05, 3.63) is 101 Å². The molecule has 5 nitrogen and oxygen atoms in total. The second-order valence-corrected chi connectivity index (χ2v) is 11.5. The van der Waals surface area contributed by atoms with Crippen molar-refractivity contribution in [1.29, 1.82) is 0 Å². The number of fused-ring (bicyclic) bond motifs is 1. The number of rotatable bonds is 5.